The number of hydrogen-bond donors (Lipinski definition) is 0. The summed E-state index contributed by atoms with van der Waals surface area (Å²) in [4.78, 5) is 28.6. The summed E-state index contributed by atoms with van der Waals surface area (Å²) in [6.07, 6.45) is 2.34. The van der Waals surface area contributed by atoms with Crippen LogP contribution < -0.4 is 9.64 Å². The van der Waals surface area contributed by atoms with E-state index in [0.717, 1.165) is 35.3 Å². The fourth-order valence-electron chi connectivity index (χ4n) is 4.40. The highest BCUT2D eigenvalue weighted by Gasteiger charge is 2.43. The summed E-state index contributed by atoms with van der Waals surface area (Å²) in [7, 11) is 1.36. The minimum atomic E-state index is -0.733. The summed E-state index contributed by atoms with van der Waals surface area (Å²) in [5.74, 6) is -0.414. The normalized spacial score (nSPS) is 14.8. The molecule has 5 nitrogen and oxygen atoms in total. The van der Waals surface area contributed by atoms with Crippen LogP contribution in [0.5, 0.6) is 5.75 Å². The van der Waals surface area contributed by atoms with Crippen molar-refractivity contribution < 1.29 is 19.1 Å². The maximum atomic E-state index is 14.2. The smallest absolute Gasteiger partial charge is 0.329 e. The molecule has 1 atom stereocenters. The zero-order valence-corrected chi connectivity index (χ0v) is 19.1. The number of fused-ring (bicyclic) bond motifs is 1. The molecule has 1 heterocycles. The van der Waals surface area contributed by atoms with E-state index >= 15 is 0 Å². The van der Waals surface area contributed by atoms with Gasteiger partial charge < -0.3 is 9.47 Å². The van der Waals surface area contributed by atoms with Gasteiger partial charge in [-0.05, 0) is 29.7 Å². The lowest BCUT2D eigenvalue weighted by molar-refractivity contribution is -0.143. The highest BCUT2D eigenvalue weighted by molar-refractivity contribution is 6.07. The lowest BCUT2D eigenvalue weighted by atomic mass is 9.89. The van der Waals surface area contributed by atoms with Crippen LogP contribution in [0.3, 0.4) is 0 Å². The van der Waals surface area contributed by atoms with Crippen LogP contribution in [0.2, 0.25) is 0 Å². The molecular weight excluding hydrogens is 414 g/mol. The van der Waals surface area contributed by atoms with Crippen LogP contribution >= 0.6 is 0 Å². The first-order valence-electron chi connectivity index (χ1n) is 11.4. The van der Waals surface area contributed by atoms with Gasteiger partial charge in [0.2, 0.25) is 5.91 Å². The van der Waals surface area contributed by atoms with E-state index in [2.05, 4.69) is 6.92 Å². The van der Waals surface area contributed by atoms with Crippen molar-refractivity contribution in [2.75, 3.05) is 18.6 Å². The summed E-state index contributed by atoms with van der Waals surface area (Å²) in [5, 5.41) is 0. The lowest BCUT2D eigenvalue weighted by Gasteiger charge is -2.29. The van der Waals surface area contributed by atoms with E-state index in [4.69, 9.17) is 9.47 Å². The van der Waals surface area contributed by atoms with Crippen molar-refractivity contribution in [1.82, 2.24) is 0 Å². The van der Waals surface area contributed by atoms with Crippen LogP contribution in [0.4, 0.5) is 5.69 Å². The van der Waals surface area contributed by atoms with Gasteiger partial charge in [0.05, 0.1) is 25.3 Å². The number of unbranched alkanes of at least 4 members (excludes halogenated alkanes) is 1. The maximum Gasteiger partial charge on any atom is 0.329 e. The summed E-state index contributed by atoms with van der Waals surface area (Å²) >= 11 is 0. The first-order valence-corrected chi connectivity index (χ1v) is 11.4. The zero-order chi connectivity index (χ0) is 23.2. The molecule has 33 heavy (non-hydrogen) atoms. The third-order valence-corrected chi connectivity index (χ3v) is 6.06. The average molecular weight is 444 g/mol. The molecule has 1 aliphatic rings. The Bertz CT molecular complexity index is 1060. The van der Waals surface area contributed by atoms with Gasteiger partial charge in [0.25, 0.3) is 0 Å². The fraction of sp³-hybridized carbons (Fsp3) is 0.286. The summed E-state index contributed by atoms with van der Waals surface area (Å²) in [5.41, 5.74) is 3.33. The predicted octanol–water partition coefficient (Wildman–Crippen LogP) is 5.13. The van der Waals surface area contributed by atoms with Crippen LogP contribution in [-0.4, -0.2) is 31.6 Å². The van der Waals surface area contributed by atoms with Crippen molar-refractivity contribution in [3.63, 3.8) is 0 Å². The molecule has 5 heteroatoms. The number of carbonyl (C=O) groups is 2. The van der Waals surface area contributed by atoms with Crippen molar-refractivity contribution in [2.45, 2.75) is 38.1 Å². The van der Waals surface area contributed by atoms with Gasteiger partial charge in [-0.3, -0.25) is 9.69 Å². The number of ether oxygens (including phenoxy) is 2. The number of benzene rings is 3. The van der Waals surface area contributed by atoms with Crippen molar-refractivity contribution >= 4 is 17.6 Å². The Labute approximate surface area is 194 Å². The van der Waals surface area contributed by atoms with Crippen LogP contribution in [0.25, 0.3) is 0 Å². The highest BCUT2D eigenvalue weighted by atomic mass is 16.5. The molecule has 1 amide bonds. The van der Waals surface area contributed by atoms with Crippen molar-refractivity contribution in [3.8, 4) is 5.75 Å². The van der Waals surface area contributed by atoms with E-state index in [1.54, 1.807) is 4.90 Å². The minimum Gasteiger partial charge on any atom is -0.493 e. The number of anilines is 1. The highest BCUT2D eigenvalue weighted by Crippen LogP contribution is 2.41. The Morgan fingerprint density at radius 1 is 0.939 bits per heavy atom. The topological polar surface area (TPSA) is 55.8 Å². The summed E-state index contributed by atoms with van der Waals surface area (Å²) in [6.45, 7) is 2.71. The van der Waals surface area contributed by atoms with Gasteiger partial charge in [-0.2, -0.15) is 0 Å². The molecule has 0 aromatic heterocycles. The zero-order valence-electron chi connectivity index (χ0n) is 19.1. The molecule has 0 spiro atoms. The first-order chi connectivity index (χ1) is 16.2. The molecule has 0 aliphatic carbocycles. The third kappa shape index (κ3) is 4.63. The fourth-order valence-corrected chi connectivity index (χ4v) is 4.40. The van der Waals surface area contributed by atoms with E-state index in [1.165, 1.54) is 7.11 Å². The molecule has 0 N–H and O–H groups in total. The van der Waals surface area contributed by atoms with E-state index in [-0.39, 0.29) is 5.91 Å². The third-order valence-electron chi connectivity index (χ3n) is 6.06. The largest absolute Gasteiger partial charge is 0.493 e. The molecule has 0 fully saturated rings. The van der Waals surface area contributed by atoms with Crippen molar-refractivity contribution in [1.29, 1.82) is 0 Å². The minimum absolute atomic E-state index is 0.160. The monoisotopic (exact) mass is 443 g/mol. The number of nitrogens with zero attached hydrogens (tertiary/aromatic N) is 1. The second-order valence-electron chi connectivity index (χ2n) is 8.16. The van der Waals surface area contributed by atoms with E-state index in [0.29, 0.717) is 18.7 Å². The number of hydrogen-bond acceptors (Lipinski definition) is 4. The van der Waals surface area contributed by atoms with Gasteiger partial charge >= 0.3 is 5.97 Å². The quantitative estimate of drug-likeness (QED) is 0.358. The van der Waals surface area contributed by atoms with Crippen LogP contribution in [0.1, 0.15) is 42.4 Å². The lowest BCUT2D eigenvalue weighted by Crippen LogP contribution is -2.45. The molecule has 1 unspecified atom stereocenters. The van der Waals surface area contributed by atoms with Crippen LogP contribution in [-0.2, 0) is 20.7 Å². The van der Waals surface area contributed by atoms with Gasteiger partial charge in [-0.1, -0.05) is 80.1 Å². The Balaban J connectivity index is 1.78. The molecule has 0 saturated carbocycles. The molecule has 3 aromatic rings. The molecule has 0 radical (unpaired) electrons. The first kappa shape index (κ1) is 22.6. The van der Waals surface area contributed by atoms with Gasteiger partial charge in [-0.15, -0.1) is 0 Å². The van der Waals surface area contributed by atoms with Crippen LogP contribution in [0.15, 0.2) is 78.9 Å². The number of amides is 1. The second kappa shape index (κ2) is 10.3. The molecule has 3 aromatic carbocycles. The second-order valence-corrected chi connectivity index (χ2v) is 8.16. The number of rotatable bonds is 8. The summed E-state index contributed by atoms with van der Waals surface area (Å²) in [6, 6.07) is 24.3. The average Bonchev–Trinajstić information content (AvgIpc) is 3.26. The van der Waals surface area contributed by atoms with Crippen molar-refractivity contribution in [3.05, 3.63) is 95.6 Å². The van der Waals surface area contributed by atoms with Gasteiger partial charge in [-0.25, -0.2) is 4.79 Å². The SMILES string of the molecule is CCCCOc1cccc2c1CC(C(=O)OC)N2C(=O)C(c1ccccc1)c1ccccc1. The van der Waals surface area contributed by atoms with E-state index in [9.17, 15) is 9.59 Å². The van der Waals surface area contributed by atoms with E-state index in [1.807, 2.05) is 78.9 Å². The Morgan fingerprint density at radius 2 is 1.58 bits per heavy atom. The Hall–Kier alpha value is -3.60. The molecule has 4 rings (SSSR count). The standard InChI is InChI=1S/C28H29NO4/c1-3-4-18-33-25-17-11-16-23-22(25)19-24(28(31)32-2)29(23)27(30)26(20-12-7-5-8-13-20)21-14-9-6-10-15-21/h5-17,24,26H,3-4,18-19H2,1-2H3. The van der Waals surface area contributed by atoms with Crippen molar-refractivity contribution in [2.24, 2.45) is 0 Å². The van der Waals surface area contributed by atoms with Gasteiger partial charge in [0.15, 0.2) is 0 Å². The van der Waals surface area contributed by atoms with Gasteiger partial charge in [0.1, 0.15) is 11.8 Å². The molecule has 1 aliphatic heterocycles. The molecule has 170 valence electrons. The van der Waals surface area contributed by atoms with Crippen LogP contribution in [0, 0.1) is 0 Å². The molecule has 0 saturated heterocycles. The molecular formula is C28H29NO4. The number of methoxy groups -OCH3 is 1. The summed E-state index contributed by atoms with van der Waals surface area (Å²) < 4.78 is 11.1. The van der Waals surface area contributed by atoms with E-state index < -0.39 is 17.9 Å². The molecule has 0 bridgehead atoms. The van der Waals surface area contributed by atoms with Gasteiger partial charge in [0, 0.05) is 12.0 Å². The maximum absolute atomic E-state index is 14.2. The predicted molar refractivity (Wildman–Crippen MR) is 129 cm³/mol. The number of esters is 1. The number of carbonyl (C=O) groups excluding carboxylic acids is 2. The Morgan fingerprint density at radius 3 is 2.15 bits per heavy atom. The Kier molecular flexibility index (Phi) is 7.08.